The number of halogens is 1. The fraction of sp³-hybridized carbons (Fsp3) is 0.312. The molecule has 2 aromatic rings. The molecular formula is C16H19BrN2O. The van der Waals surface area contributed by atoms with E-state index in [1.165, 1.54) is 0 Å². The van der Waals surface area contributed by atoms with E-state index in [4.69, 9.17) is 4.74 Å². The van der Waals surface area contributed by atoms with Gasteiger partial charge < -0.3 is 10.1 Å². The molecule has 0 fully saturated rings. The van der Waals surface area contributed by atoms with E-state index in [0.29, 0.717) is 6.54 Å². The SMILES string of the molecule is Cc1nc(Br)ccc1NCc1ccccc1OC(C)C. The van der Waals surface area contributed by atoms with Crippen LogP contribution in [0.5, 0.6) is 5.75 Å². The number of anilines is 1. The average Bonchev–Trinajstić information content (AvgIpc) is 2.39. The summed E-state index contributed by atoms with van der Waals surface area (Å²) in [5.74, 6) is 0.928. The first-order valence-corrected chi connectivity index (χ1v) is 7.47. The number of pyridine rings is 1. The van der Waals surface area contributed by atoms with Gasteiger partial charge in [0.2, 0.25) is 0 Å². The van der Waals surface area contributed by atoms with E-state index in [9.17, 15) is 0 Å². The van der Waals surface area contributed by atoms with E-state index < -0.39 is 0 Å². The average molecular weight is 335 g/mol. The molecule has 0 atom stereocenters. The van der Waals surface area contributed by atoms with Gasteiger partial charge in [-0.2, -0.15) is 0 Å². The van der Waals surface area contributed by atoms with E-state index in [2.05, 4.69) is 32.3 Å². The first-order chi connectivity index (χ1) is 9.56. The predicted octanol–water partition coefficient (Wildman–Crippen LogP) is 4.55. The number of nitrogens with one attached hydrogen (secondary N) is 1. The molecule has 1 N–H and O–H groups in total. The maximum Gasteiger partial charge on any atom is 0.124 e. The lowest BCUT2D eigenvalue weighted by atomic mass is 10.2. The van der Waals surface area contributed by atoms with E-state index in [1.807, 2.05) is 51.1 Å². The Balaban J connectivity index is 2.10. The number of para-hydroxylation sites is 1. The number of hydrogen-bond donors (Lipinski definition) is 1. The van der Waals surface area contributed by atoms with Gasteiger partial charge in [0.25, 0.3) is 0 Å². The first kappa shape index (κ1) is 14.9. The van der Waals surface area contributed by atoms with Gasteiger partial charge in [-0.25, -0.2) is 4.98 Å². The van der Waals surface area contributed by atoms with Crippen molar-refractivity contribution in [1.82, 2.24) is 4.98 Å². The number of rotatable bonds is 5. The molecule has 20 heavy (non-hydrogen) atoms. The molecule has 106 valence electrons. The highest BCUT2D eigenvalue weighted by Gasteiger charge is 2.06. The number of aromatic nitrogens is 1. The molecule has 0 unspecified atom stereocenters. The lowest BCUT2D eigenvalue weighted by Gasteiger charge is -2.15. The molecule has 0 aliphatic carbocycles. The molecule has 0 bridgehead atoms. The van der Waals surface area contributed by atoms with Crippen molar-refractivity contribution in [2.75, 3.05) is 5.32 Å². The van der Waals surface area contributed by atoms with Crippen molar-refractivity contribution in [1.29, 1.82) is 0 Å². The normalized spacial score (nSPS) is 10.7. The van der Waals surface area contributed by atoms with E-state index in [-0.39, 0.29) is 6.10 Å². The highest BCUT2D eigenvalue weighted by molar-refractivity contribution is 9.10. The van der Waals surface area contributed by atoms with Crippen LogP contribution in [0.2, 0.25) is 0 Å². The third-order valence-electron chi connectivity index (χ3n) is 2.86. The fourth-order valence-corrected chi connectivity index (χ4v) is 2.32. The van der Waals surface area contributed by atoms with Gasteiger partial charge in [-0.3, -0.25) is 0 Å². The Labute approximate surface area is 128 Å². The van der Waals surface area contributed by atoms with Crippen molar-refractivity contribution < 1.29 is 4.74 Å². The first-order valence-electron chi connectivity index (χ1n) is 6.68. The van der Waals surface area contributed by atoms with Crippen LogP contribution in [0, 0.1) is 6.92 Å². The third kappa shape index (κ3) is 3.97. The minimum atomic E-state index is 0.173. The van der Waals surface area contributed by atoms with Gasteiger partial charge in [-0.1, -0.05) is 18.2 Å². The van der Waals surface area contributed by atoms with Crippen LogP contribution in [0.1, 0.15) is 25.1 Å². The smallest absolute Gasteiger partial charge is 0.124 e. The monoisotopic (exact) mass is 334 g/mol. The molecule has 1 aromatic carbocycles. The Kier molecular flexibility index (Phi) is 5.01. The molecule has 0 amide bonds. The van der Waals surface area contributed by atoms with E-state index in [0.717, 1.165) is 27.3 Å². The van der Waals surface area contributed by atoms with Crippen molar-refractivity contribution in [3.8, 4) is 5.75 Å². The second-order valence-electron chi connectivity index (χ2n) is 4.89. The van der Waals surface area contributed by atoms with Crippen LogP contribution in [0.4, 0.5) is 5.69 Å². The highest BCUT2D eigenvalue weighted by Crippen LogP contribution is 2.22. The predicted molar refractivity (Wildman–Crippen MR) is 86.2 cm³/mol. The summed E-state index contributed by atoms with van der Waals surface area (Å²) in [7, 11) is 0. The quantitative estimate of drug-likeness (QED) is 0.814. The summed E-state index contributed by atoms with van der Waals surface area (Å²) >= 11 is 3.37. The Morgan fingerprint density at radius 2 is 1.95 bits per heavy atom. The Hall–Kier alpha value is -1.55. The van der Waals surface area contributed by atoms with Crippen molar-refractivity contribution in [3.63, 3.8) is 0 Å². The van der Waals surface area contributed by atoms with Gasteiger partial charge in [-0.15, -0.1) is 0 Å². The van der Waals surface area contributed by atoms with Gasteiger partial charge in [0.1, 0.15) is 10.4 Å². The Bertz CT molecular complexity index is 584. The van der Waals surface area contributed by atoms with Crippen LogP contribution < -0.4 is 10.1 Å². The van der Waals surface area contributed by atoms with E-state index in [1.54, 1.807) is 0 Å². The topological polar surface area (TPSA) is 34.2 Å². The minimum absolute atomic E-state index is 0.173. The van der Waals surface area contributed by atoms with Gasteiger partial charge >= 0.3 is 0 Å². The summed E-state index contributed by atoms with van der Waals surface area (Å²) in [6.07, 6.45) is 0.173. The van der Waals surface area contributed by atoms with Crippen LogP contribution in [-0.4, -0.2) is 11.1 Å². The van der Waals surface area contributed by atoms with Crippen LogP contribution in [0.25, 0.3) is 0 Å². The van der Waals surface area contributed by atoms with Crippen molar-refractivity contribution in [2.24, 2.45) is 0 Å². The fourth-order valence-electron chi connectivity index (χ4n) is 1.93. The van der Waals surface area contributed by atoms with Crippen molar-refractivity contribution in [2.45, 2.75) is 33.4 Å². The maximum absolute atomic E-state index is 5.82. The standard InChI is InChI=1S/C16H19BrN2O/c1-11(2)20-15-7-5-4-6-13(15)10-18-14-8-9-16(17)19-12(14)3/h4-9,11,18H,10H2,1-3H3. The largest absolute Gasteiger partial charge is 0.491 e. The zero-order valence-corrected chi connectivity index (χ0v) is 13.6. The molecule has 0 radical (unpaired) electrons. The van der Waals surface area contributed by atoms with Crippen LogP contribution >= 0.6 is 15.9 Å². The number of nitrogens with zero attached hydrogens (tertiary/aromatic N) is 1. The zero-order valence-electron chi connectivity index (χ0n) is 12.0. The maximum atomic E-state index is 5.82. The molecule has 4 heteroatoms. The van der Waals surface area contributed by atoms with E-state index >= 15 is 0 Å². The summed E-state index contributed by atoms with van der Waals surface area (Å²) in [6, 6.07) is 12.1. The zero-order chi connectivity index (χ0) is 14.5. The van der Waals surface area contributed by atoms with Crippen molar-refractivity contribution in [3.05, 3.63) is 52.3 Å². The lowest BCUT2D eigenvalue weighted by molar-refractivity contribution is 0.240. The number of ether oxygens (including phenoxy) is 1. The molecule has 1 heterocycles. The van der Waals surface area contributed by atoms with Gasteiger partial charge in [-0.05, 0) is 54.9 Å². The molecule has 0 saturated carbocycles. The van der Waals surface area contributed by atoms with Gasteiger partial charge in [0, 0.05) is 12.1 Å². The summed E-state index contributed by atoms with van der Waals surface area (Å²) in [6.45, 7) is 6.77. The second-order valence-corrected chi connectivity index (χ2v) is 5.71. The number of benzene rings is 1. The third-order valence-corrected chi connectivity index (χ3v) is 3.30. The molecule has 0 saturated heterocycles. The van der Waals surface area contributed by atoms with Crippen molar-refractivity contribution >= 4 is 21.6 Å². The molecule has 0 aliphatic rings. The van der Waals surface area contributed by atoms with Crippen LogP contribution in [0.15, 0.2) is 41.0 Å². The number of aryl methyl sites for hydroxylation is 1. The Morgan fingerprint density at radius 3 is 2.65 bits per heavy atom. The molecule has 3 nitrogen and oxygen atoms in total. The highest BCUT2D eigenvalue weighted by atomic mass is 79.9. The van der Waals surface area contributed by atoms with Gasteiger partial charge in [0.15, 0.2) is 0 Å². The summed E-state index contributed by atoms with van der Waals surface area (Å²) < 4.78 is 6.67. The van der Waals surface area contributed by atoms with Crippen LogP contribution in [-0.2, 0) is 6.54 Å². The van der Waals surface area contributed by atoms with Crippen LogP contribution in [0.3, 0.4) is 0 Å². The molecule has 0 spiro atoms. The summed E-state index contributed by atoms with van der Waals surface area (Å²) in [5.41, 5.74) is 3.15. The second kappa shape index (κ2) is 6.75. The molecule has 2 rings (SSSR count). The van der Waals surface area contributed by atoms with Gasteiger partial charge in [0.05, 0.1) is 17.5 Å². The molecular weight excluding hydrogens is 316 g/mol. The summed E-state index contributed by atoms with van der Waals surface area (Å²) in [4.78, 5) is 4.38. The minimum Gasteiger partial charge on any atom is -0.491 e. The lowest BCUT2D eigenvalue weighted by Crippen LogP contribution is -2.09. The number of hydrogen-bond acceptors (Lipinski definition) is 3. The molecule has 1 aromatic heterocycles. The Morgan fingerprint density at radius 1 is 1.20 bits per heavy atom. The summed E-state index contributed by atoms with van der Waals surface area (Å²) in [5, 5.41) is 3.41. The molecule has 0 aliphatic heterocycles.